The number of phosphoric acid groups is 3. The topological polar surface area (TPSA) is 253 Å². The number of alkyl halides is 1. The Labute approximate surface area is 176 Å². The Morgan fingerprint density at radius 3 is 2.34 bits per heavy atom. The van der Waals surface area contributed by atoms with E-state index in [0.29, 0.717) is 4.57 Å². The van der Waals surface area contributed by atoms with Crippen LogP contribution < -0.4 is 11.2 Å². The molecule has 0 spiro atoms. The second kappa shape index (κ2) is 9.64. The van der Waals surface area contributed by atoms with Crippen molar-refractivity contribution in [1.29, 1.82) is 0 Å². The first kappa shape index (κ1) is 27.1. The van der Waals surface area contributed by atoms with E-state index in [2.05, 4.69) is 13.1 Å². The molecule has 1 aromatic heterocycles. The average Bonchev–Trinajstić information content (AvgIpc) is 2.83. The lowest BCUT2D eigenvalue weighted by atomic mass is 10.1. The molecule has 1 aromatic rings. The van der Waals surface area contributed by atoms with Crippen molar-refractivity contribution in [3.8, 4) is 0 Å². The van der Waals surface area contributed by atoms with Gasteiger partial charge in [0, 0.05) is 18.9 Å². The van der Waals surface area contributed by atoms with Gasteiger partial charge >= 0.3 is 29.2 Å². The van der Waals surface area contributed by atoms with Crippen molar-refractivity contribution in [3.05, 3.63) is 33.1 Å². The van der Waals surface area contributed by atoms with Gasteiger partial charge in [0.2, 0.25) is 5.79 Å². The minimum Gasteiger partial charge on any atom is -0.384 e. The Hall–Kier alpha value is -1.10. The third-order valence-electron chi connectivity index (χ3n) is 3.70. The van der Waals surface area contributed by atoms with Gasteiger partial charge in [0.05, 0.1) is 0 Å². The van der Waals surface area contributed by atoms with Crippen molar-refractivity contribution in [3.63, 3.8) is 0 Å². The number of nitrogens with one attached hydrogen (secondary N) is 1. The number of rotatable bonds is 10. The van der Waals surface area contributed by atoms with Crippen LogP contribution in [-0.4, -0.2) is 65.5 Å². The summed E-state index contributed by atoms with van der Waals surface area (Å²) in [6.07, 6.45) is -5.74. The van der Waals surface area contributed by atoms with Crippen molar-refractivity contribution in [2.75, 3.05) is 13.2 Å². The predicted octanol–water partition coefficient (Wildman–Crippen LogP) is -1.16. The summed E-state index contributed by atoms with van der Waals surface area (Å²) in [5, 5.41) is 10.3. The van der Waals surface area contributed by atoms with Crippen molar-refractivity contribution in [1.82, 2.24) is 9.55 Å². The lowest BCUT2D eigenvalue weighted by Crippen LogP contribution is -2.48. The van der Waals surface area contributed by atoms with E-state index in [4.69, 9.17) is 24.2 Å². The molecule has 0 aromatic carbocycles. The maximum absolute atomic E-state index is 14.7. The Morgan fingerprint density at radius 1 is 1.19 bits per heavy atom. The second-order valence-electron chi connectivity index (χ2n) is 6.02. The maximum atomic E-state index is 14.7. The average molecular weight is 530 g/mol. The van der Waals surface area contributed by atoms with Gasteiger partial charge in [-0.2, -0.15) is 8.62 Å². The van der Waals surface area contributed by atoms with E-state index >= 15 is 0 Å². The predicted molar refractivity (Wildman–Crippen MR) is 96.5 cm³/mol. The fourth-order valence-electron chi connectivity index (χ4n) is 2.58. The number of hydrogen-bond acceptors (Lipinski definition) is 11. The molecule has 184 valence electrons. The van der Waals surface area contributed by atoms with Gasteiger partial charge in [-0.1, -0.05) is 0 Å². The number of phosphoric ester groups is 1. The number of aromatic nitrogens is 2. The van der Waals surface area contributed by atoms with Gasteiger partial charge in [-0.3, -0.25) is 18.9 Å². The van der Waals surface area contributed by atoms with Crippen LogP contribution >= 0.6 is 23.5 Å². The van der Waals surface area contributed by atoms with Crippen LogP contribution in [-0.2, 0) is 36.3 Å². The van der Waals surface area contributed by atoms with Gasteiger partial charge in [-0.15, -0.1) is 0 Å². The molecule has 0 bridgehead atoms. The van der Waals surface area contributed by atoms with Crippen LogP contribution in [0.4, 0.5) is 4.39 Å². The summed E-state index contributed by atoms with van der Waals surface area (Å²) in [6.45, 7) is -0.313. The largest absolute Gasteiger partial charge is 0.490 e. The van der Waals surface area contributed by atoms with Crippen LogP contribution in [0.25, 0.3) is 0 Å². The minimum absolute atomic E-state index is 0.309. The summed E-state index contributed by atoms with van der Waals surface area (Å²) in [4.78, 5) is 60.6. The van der Waals surface area contributed by atoms with E-state index < -0.39 is 65.6 Å². The molecule has 0 radical (unpaired) electrons. The number of halogens is 1. The molecule has 32 heavy (non-hydrogen) atoms. The molecule has 0 saturated carbocycles. The lowest BCUT2D eigenvalue weighted by molar-refractivity contribution is -0.277. The summed E-state index contributed by atoms with van der Waals surface area (Å²) >= 11 is 0. The molecular weight excluding hydrogens is 512 g/mol. The molecule has 1 aliphatic heterocycles. The van der Waals surface area contributed by atoms with Crippen LogP contribution in [0.2, 0.25) is 0 Å². The molecule has 2 heterocycles. The quantitative estimate of drug-likeness (QED) is 0.195. The lowest BCUT2D eigenvalue weighted by Gasteiger charge is -2.31. The summed E-state index contributed by atoms with van der Waals surface area (Å²) in [5.41, 5.74) is -1.94. The molecule has 21 heteroatoms. The summed E-state index contributed by atoms with van der Waals surface area (Å²) in [5.74, 6) is -2.57. The van der Waals surface area contributed by atoms with Gasteiger partial charge in [0.1, 0.15) is 12.7 Å². The Morgan fingerprint density at radius 2 is 1.81 bits per heavy atom. The Kier molecular flexibility index (Phi) is 8.18. The number of aromatic amines is 1. The highest BCUT2D eigenvalue weighted by Crippen LogP contribution is 2.66. The normalized spacial score (nSPS) is 30.0. The molecule has 6 N–H and O–H groups in total. The summed E-state index contributed by atoms with van der Waals surface area (Å²) in [7, 11) is -17.1. The van der Waals surface area contributed by atoms with Crippen molar-refractivity contribution in [2.45, 2.75) is 31.2 Å². The number of aliphatic hydroxyl groups is 1. The zero-order valence-electron chi connectivity index (χ0n) is 15.8. The van der Waals surface area contributed by atoms with Gasteiger partial charge in [-0.05, 0) is 6.92 Å². The van der Waals surface area contributed by atoms with E-state index in [9.17, 15) is 37.7 Å². The van der Waals surface area contributed by atoms with Gasteiger partial charge in [0.15, 0.2) is 12.4 Å². The smallest absolute Gasteiger partial charge is 0.384 e. The Balaban J connectivity index is 2.25. The number of nitrogens with zero attached hydrogens (tertiary/aromatic N) is 1. The zero-order chi connectivity index (χ0) is 24.5. The van der Waals surface area contributed by atoms with E-state index in [1.54, 1.807) is 0 Å². The molecule has 0 aliphatic carbocycles. The molecule has 1 fully saturated rings. The van der Waals surface area contributed by atoms with Crippen LogP contribution in [0.5, 0.6) is 0 Å². The monoisotopic (exact) mass is 530 g/mol. The second-order valence-corrected chi connectivity index (χ2v) is 10.4. The number of aliphatic hydroxyl groups excluding tert-OH is 1. The molecule has 2 rings (SSSR count). The maximum Gasteiger partial charge on any atom is 0.490 e. The summed E-state index contributed by atoms with van der Waals surface area (Å²) in [6, 6.07) is 0.844. The highest BCUT2D eigenvalue weighted by molar-refractivity contribution is 7.66. The highest BCUT2D eigenvalue weighted by Gasteiger charge is 2.58. The summed E-state index contributed by atoms with van der Waals surface area (Å²) < 4.78 is 71.0. The number of H-pyrrole nitrogens is 1. The first-order chi connectivity index (χ1) is 14.5. The SMILES string of the molecule is CCO[C@]1(COP(=O)(O)OP(=O)(O)OP(=O)(O)O)O[C@@H](n2ccc(=O)[nH]c2=O)[C@H](F)[C@@H]1O. The number of hydrogen-bond donors (Lipinski definition) is 6. The van der Waals surface area contributed by atoms with Gasteiger partial charge in [0.25, 0.3) is 5.56 Å². The molecule has 2 unspecified atom stereocenters. The zero-order valence-corrected chi connectivity index (χ0v) is 18.5. The van der Waals surface area contributed by atoms with E-state index in [1.165, 1.54) is 6.92 Å². The van der Waals surface area contributed by atoms with Crippen molar-refractivity contribution >= 4 is 23.5 Å². The van der Waals surface area contributed by atoms with Gasteiger partial charge < -0.3 is 34.2 Å². The van der Waals surface area contributed by atoms with Crippen LogP contribution in [0, 0.1) is 0 Å². The third kappa shape index (κ3) is 6.71. The molecule has 17 nitrogen and oxygen atoms in total. The minimum atomic E-state index is -5.83. The first-order valence-electron chi connectivity index (χ1n) is 8.24. The van der Waals surface area contributed by atoms with Crippen molar-refractivity contribution in [2.24, 2.45) is 0 Å². The number of ether oxygens (including phenoxy) is 2. The molecule has 1 saturated heterocycles. The fraction of sp³-hybridized carbons (Fsp3) is 0.636. The third-order valence-corrected chi connectivity index (χ3v) is 7.49. The molecule has 1 aliphatic rings. The van der Waals surface area contributed by atoms with E-state index in [0.717, 1.165) is 12.3 Å². The van der Waals surface area contributed by atoms with Crippen LogP contribution in [0.15, 0.2) is 21.9 Å². The highest BCUT2D eigenvalue weighted by atomic mass is 31.3. The van der Waals surface area contributed by atoms with Crippen molar-refractivity contribution < 1.29 is 65.4 Å². The Bertz CT molecular complexity index is 1080. The van der Waals surface area contributed by atoms with E-state index in [1.807, 2.05) is 4.98 Å². The first-order valence-corrected chi connectivity index (χ1v) is 12.8. The molecule has 6 atom stereocenters. The van der Waals surface area contributed by atoms with Gasteiger partial charge in [-0.25, -0.2) is 22.9 Å². The molecule has 0 amide bonds. The fourth-order valence-corrected chi connectivity index (χ4v) is 5.61. The standard InChI is InChI=1S/C11H18FN2O15P3/c1-2-25-11(5-26-31(21,22)29-32(23,24)28-30(18,19)20)8(16)7(12)9(27-11)14-4-3-6(15)13-10(14)17/h3-4,7-9,16H,2,5H2,1H3,(H,21,22)(H,23,24)(H,13,15,17)(H2,18,19,20)/t7-,8+,9-,11-/m1/s1. The van der Waals surface area contributed by atoms with E-state index in [-0.39, 0.29) is 6.61 Å². The molecular formula is C11H18FN2O15P3. The van der Waals surface area contributed by atoms with Crippen LogP contribution in [0.1, 0.15) is 13.2 Å². The van der Waals surface area contributed by atoms with Crippen LogP contribution in [0.3, 0.4) is 0 Å².